The normalized spacial score (nSPS) is 9.29. The second-order valence-corrected chi connectivity index (χ2v) is 3.18. The zero-order valence-corrected chi connectivity index (χ0v) is 10.1. The zero-order valence-electron chi connectivity index (χ0n) is 9.32. The molecule has 1 aromatic carbocycles. The van der Waals surface area contributed by atoms with E-state index in [9.17, 15) is 4.39 Å². The van der Waals surface area contributed by atoms with Crippen LogP contribution in [-0.4, -0.2) is 0 Å². The van der Waals surface area contributed by atoms with Crippen molar-refractivity contribution in [2.24, 2.45) is 0 Å². The summed E-state index contributed by atoms with van der Waals surface area (Å²) in [4.78, 5) is 0. The molecule has 1 aromatic rings. The highest BCUT2D eigenvalue weighted by molar-refractivity contribution is 6.30. The van der Waals surface area contributed by atoms with Crippen LogP contribution in [0.25, 0.3) is 0 Å². The Morgan fingerprint density at radius 2 is 1.43 bits per heavy atom. The van der Waals surface area contributed by atoms with Gasteiger partial charge in [0.25, 0.3) is 0 Å². The van der Waals surface area contributed by atoms with Crippen molar-refractivity contribution in [2.75, 3.05) is 0 Å². The smallest absolute Gasteiger partial charge is 0.129 e. The van der Waals surface area contributed by atoms with Crippen molar-refractivity contribution in [1.82, 2.24) is 0 Å². The first-order valence-corrected chi connectivity index (χ1v) is 5.53. The summed E-state index contributed by atoms with van der Waals surface area (Å²) < 4.78 is 13.4. The highest BCUT2D eigenvalue weighted by Crippen LogP contribution is 2.20. The summed E-state index contributed by atoms with van der Waals surface area (Å²) in [5.74, 6) is -0.0931. The van der Waals surface area contributed by atoms with Crippen molar-refractivity contribution in [2.45, 2.75) is 40.5 Å². The summed E-state index contributed by atoms with van der Waals surface area (Å²) in [6.07, 6.45) is 1.39. The van der Waals surface area contributed by atoms with Gasteiger partial charge in [0.2, 0.25) is 0 Å². The molecule has 0 spiro atoms. The number of aryl methyl sites for hydroxylation is 2. The lowest BCUT2D eigenvalue weighted by molar-refractivity contribution is 0.597. The van der Waals surface area contributed by atoms with Crippen LogP contribution in [0.5, 0.6) is 0 Å². The van der Waals surface area contributed by atoms with Gasteiger partial charge in [0, 0.05) is 5.02 Å². The van der Waals surface area contributed by atoms with E-state index in [2.05, 4.69) is 0 Å². The fraction of sp³-hybridized carbons (Fsp3) is 0.500. The average Bonchev–Trinajstić information content (AvgIpc) is 2.23. The fourth-order valence-electron chi connectivity index (χ4n) is 1.22. The van der Waals surface area contributed by atoms with Gasteiger partial charge in [0.05, 0.1) is 0 Å². The van der Waals surface area contributed by atoms with E-state index in [1.54, 1.807) is 12.1 Å². The van der Waals surface area contributed by atoms with Crippen LogP contribution in [0.4, 0.5) is 4.39 Å². The van der Waals surface area contributed by atoms with E-state index in [4.69, 9.17) is 11.6 Å². The van der Waals surface area contributed by atoms with Crippen LogP contribution in [-0.2, 0) is 12.8 Å². The number of hydrogen-bond acceptors (Lipinski definition) is 0. The highest BCUT2D eigenvalue weighted by Gasteiger charge is 2.06. The van der Waals surface area contributed by atoms with Gasteiger partial charge in [-0.3, -0.25) is 0 Å². The van der Waals surface area contributed by atoms with Crippen LogP contribution in [0.2, 0.25) is 5.02 Å². The number of hydrogen-bond donors (Lipinski definition) is 0. The summed E-state index contributed by atoms with van der Waals surface area (Å²) in [7, 11) is 0. The first kappa shape index (κ1) is 13.4. The molecular weight excluding hydrogens is 199 g/mol. The molecule has 0 N–H and O–H groups in total. The lowest BCUT2D eigenvalue weighted by Gasteiger charge is -2.05. The minimum absolute atomic E-state index is 0.0931. The molecule has 2 heteroatoms. The second-order valence-electron chi connectivity index (χ2n) is 2.75. The average molecular weight is 217 g/mol. The van der Waals surface area contributed by atoms with Crippen LogP contribution in [0, 0.1) is 5.82 Å². The summed E-state index contributed by atoms with van der Waals surface area (Å²) in [5.41, 5.74) is 1.42. The minimum atomic E-state index is -0.0931. The maximum atomic E-state index is 13.4. The van der Waals surface area contributed by atoms with Gasteiger partial charge in [0.15, 0.2) is 0 Å². The van der Waals surface area contributed by atoms with Gasteiger partial charge in [-0.05, 0) is 36.1 Å². The topological polar surface area (TPSA) is 0 Å². The van der Waals surface area contributed by atoms with E-state index in [1.165, 1.54) is 0 Å². The molecule has 0 saturated carbocycles. The molecule has 0 saturated heterocycles. The maximum absolute atomic E-state index is 13.4. The Labute approximate surface area is 91.1 Å². The van der Waals surface area contributed by atoms with Crippen molar-refractivity contribution in [3.8, 4) is 0 Å². The van der Waals surface area contributed by atoms with Crippen LogP contribution in [0.1, 0.15) is 38.8 Å². The summed E-state index contributed by atoms with van der Waals surface area (Å²) in [5, 5.41) is 0.630. The monoisotopic (exact) mass is 216 g/mol. The molecule has 0 aliphatic rings. The van der Waals surface area contributed by atoms with E-state index in [0.29, 0.717) is 29.0 Å². The first-order chi connectivity index (χ1) is 6.69. The third-order valence-electron chi connectivity index (χ3n) is 1.95. The van der Waals surface area contributed by atoms with Crippen LogP contribution in [0.15, 0.2) is 12.1 Å². The van der Waals surface area contributed by atoms with Gasteiger partial charge >= 0.3 is 0 Å². The van der Waals surface area contributed by atoms with Gasteiger partial charge in [0.1, 0.15) is 5.82 Å². The molecule has 0 bridgehead atoms. The van der Waals surface area contributed by atoms with Crippen LogP contribution >= 0.6 is 11.6 Å². The molecule has 0 amide bonds. The van der Waals surface area contributed by atoms with Crippen LogP contribution < -0.4 is 0 Å². The molecule has 0 aliphatic heterocycles. The number of rotatable bonds is 2. The van der Waals surface area contributed by atoms with Crippen LogP contribution in [0.3, 0.4) is 0 Å². The Hall–Kier alpha value is -0.560. The molecule has 0 atom stereocenters. The SMILES string of the molecule is CC.CCc1cc(Cl)cc(CC)c1F. The molecule has 14 heavy (non-hydrogen) atoms. The van der Waals surface area contributed by atoms with Crippen molar-refractivity contribution < 1.29 is 4.39 Å². The van der Waals surface area contributed by atoms with Gasteiger partial charge in [-0.15, -0.1) is 0 Å². The fourth-order valence-corrected chi connectivity index (χ4v) is 1.49. The second kappa shape index (κ2) is 6.83. The lowest BCUT2D eigenvalue weighted by Crippen LogP contribution is -1.94. The Morgan fingerprint density at radius 1 is 1.07 bits per heavy atom. The van der Waals surface area contributed by atoms with Crippen molar-refractivity contribution in [3.63, 3.8) is 0 Å². The van der Waals surface area contributed by atoms with Crippen molar-refractivity contribution in [1.29, 1.82) is 0 Å². The van der Waals surface area contributed by atoms with E-state index in [-0.39, 0.29) is 5.82 Å². The standard InChI is InChI=1S/C10H12ClF.C2H6/c1-3-7-5-9(11)6-8(4-2)10(7)12;1-2/h5-6H,3-4H2,1-2H3;1-2H3. The predicted molar refractivity (Wildman–Crippen MR) is 61.5 cm³/mol. The molecule has 0 unspecified atom stereocenters. The highest BCUT2D eigenvalue weighted by atomic mass is 35.5. The third kappa shape index (κ3) is 3.30. The molecule has 0 nitrogen and oxygen atoms in total. The molecule has 0 radical (unpaired) electrons. The largest absolute Gasteiger partial charge is 0.206 e. The van der Waals surface area contributed by atoms with Gasteiger partial charge in [-0.2, -0.15) is 0 Å². The molecule has 80 valence electrons. The maximum Gasteiger partial charge on any atom is 0.129 e. The molecule has 0 aromatic heterocycles. The number of halogens is 2. The zero-order chi connectivity index (χ0) is 11.1. The molecular formula is C12H18ClF. The molecule has 0 aliphatic carbocycles. The summed E-state index contributed by atoms with van der Waals surface area (Å²) >= 11 is 5.81. The van der Waals surface area contributed by atoms with E-state index < -0.39 is 0 Å². The van der Waals surface area contributed by atoms with E-state index in [0.717, 1.165) is 0 Å². The Bertz CT molecular complexity index is 257. The Kier molecular flexibility index (Phi) is 6.56. The quantitative estimate of drug-likeness (QED) is 0.676. The number of benzene rings is 1. The Morgan fingerprint density at radius 3 is 1.71 bits per heavy atom. The van der Waals surface area contributed by atoms with Gasteiger partial charge < -0.3 is 0 Å². The van der Waals surface area contributed by atoms with Gasteiger partial charge in [-0.25, -0.2) is 4.39 Å². The first-order valence-electron chi connectivity index (χ1n) is 5.15. The lowest BCUT2D eigenvalue weighted by atomic mass is 10.1. The molecule has 0 heterocycles. The van der Waals surface area contributed by atoms with E-state index >= 15 is 0 Å². The summed E-state index contributed by atoms with van der Waals surface area (Å²) in [6, 6.07) is 3.38. The molecule has 1 rings (SSSR count). The van der Waals surface area contributed by atoms with Crippen molar-refractivity contribution in [3.05, 3.63) is 34.1 Å². The minimum Gasteiger partial charge on any atom is -0.206 e. The predicted octanol–water partition coefficient (Wildman–Crippen LogP) is 4.63. The van der Waals surface area contributed by atoms with E-state index in [1.807, 2.05) is 27.7 Å². The molecule has 0 fully saturated rings. The third-order valence-corrected chi connectivity index (χ3v) is 2.17. The van der Waals surface area contributed by atoms with Gasteiger partial charge in [-0.1, -0.05) is 39.3 Å². The van der Waals surface area contributed by atoms with Crippen molar-refractivity contribution >= 4 is 11.6 Å². The summed E-state index contributed by atoms with van der Waals surface area (Å²) in [6.45, 7) is 7.85. The Balaban J connectivity index is 0.000000791.